The number of hydrogen-bond acceptors (Lipinski definition) is 3. The Morgan fingerprint density at radius 1 is 1.57 bits per heavy atom. The number of sulfonamides is 1. The average Bonchev–Trinajstić information content (AvgIpc) is 2.67. The third-order valence-corrected chi connectivity index (χ3v) is 3.77. The molecule has 1 rings (SSSR count). The van der Waals surface area contributed by atoms with Crippen LogP contribution in [0.5, 0.6) is 0 Å². The molecule has 0 saturated heterocycles. The predicted molar refractivity (Wildman–Crippen MR) is 53.3 cm³/mol. The van der Waals surface area contributed by atoms with Gasteiger partial charge in [0.1, 0.15) is 0 Å². The topological polar surface area (TPSA) is 66.1 Å². The first-order valence-electron chi connectivity index (χ1n) is 4.53. The third-order valence-electron chi connectivity index (χ3n) is 1.99. The molecule has 0 atom stereocenters. The van der Waals surface area contributed by atoms with E-state index in [1.54, 1.807) is 7.05 Å². The van der Waals surface area contributed by atoms with E-state index >= 15 is 0 Å². The Morgan fingerprint density at radius 2 is 2.29 bits per heavy atom. The number of imidazole rings is 1. The molecule has 0 aliphatic rings. The molecule has 0 fully saturated rings. The van der Waals surface area contributed by atoms with Gasteiger partial charge in [0.15, 0.2) is 5.03 Å². The maximum atomic E-state index is 11.8. The molecule has 1 N–H and O–H groups in total. The van der Waals surface area contributed by atoms with Crippen LogP contribution in [0, 0.1) is 0 Å². The van der Waals surface area contributed by atoms with Crippen molar-refractivity contribution in [3.63, 3.8) is 0 Å². The summed E-state index contributed by atoms with van der Waals surface area (Å²) in [4.78, 5) is 6.28. The van der Waals surface area contributed by atoms with Crippen molar-refractivity contribution in [1.82, 2.24) is 14.3 Å². The highest BCUT2D eigenvalue weighted by atomic mass is 32.2. The van der Waals surface area contributed by atoms with Crippen molar-refractivity contribution in [2.24, 2.45) is 0 Å². The van der Waals surface area contributed by atoms with Crippen LogP contribution < -0.4 is 0 Å². The Kier molecular flexibility index (Phi) is 3.65. The van der Waals surface area contributed by atoms with E-state index in [0.717, 1.165) is 12.8 Å². The van der Waals surface area contributed by atoms with Crippen molar-refractivity contribution in [2.75, 3.05) is 13.6 Å². The van der Waals surface area contributed by atoms with E-state index in [-0.39, 0.29) is 5.03 Å². The lowest BCUT2D eigenvalue weighted by molar-refractivity contribution is 0.457. The van der Waals surface area contributed by atoms with Gasteiger partial charge < -0.3 is 4.98 Å². The Balaban J connectivity index is 2.76. The second-order valence-electron chi connectivity index (χ2n) is 3.10. The summed E-state index contributed by atoms with van der Waals surface area (Å²) in [6, 6.07) is 0. The zero-order chi connectivity index (χ0) is 10.6. The molecule has 14 heavy (non-hydrogen) atoms. The molecule has 6 heteroatoms. The minimum Gasteiger partial charge on any atom is -0.335 e. The molecule has 1 heterocycles. The van der Waals surface area contributed by atoms with Gasteiger partial charge in [-0.15, -0.1) is 0 Å². The summed E-state index contributed by atoms with van der Waals surface area (Å²) in [7, 11) is -1.78. The first-order valence-corrected chi connectivity index (χ1v) is 5.97. The van der Waals surface area contributed by atoms with Gasteiger partial charge in [0.2, 0.25) is 0 Å². The number of nitrogens with one attached hydrogen (secondary N) is 1. The van der Waals surface area contributed by atoms with Gasteiger partial charge in [-0.05, 0) is 6.42 Å². The number of aromatic nitrogens is 2. The minimum atomic E-state index is -3.35. The number of hydrogen-bond donors (Lipinski definition) is 1. The van der Waals surface area contributed by atoms with Gasteiger partial charge in [0.05, 0.1) is 12.5 Å². The lowest BCUT2D eigenvalue weighted by Gasteiger charge is -2.14. The zero-order valence-electron chi connectivity index (χ0n) is 8.40. The molecule has 0 aliphatic carbocycles. The van der Waals surface area contributed by atoms with E-state index < -0.39 is 10.0 Å². The molecular weight excluding hydrogens is 202 g/mol. The minimum absolute atomic E-state index is 0.149. The maximum Gasteiger partial charge on any atom is 0.259 e. The van der Waals surface area contributed by atoms with Crippen molar-refractivity contribution in [1.29, 1.82) is 0 Å². The Morgan fingerprint density at radius 3 is 2.79 bits per heavy atom. The number of nitrogens with zero attached hydrogens (tertiary/aromatic N) is 2. The molecule has 1 aromatic heterocycles. The number of rotatable bonds is 5. The maximum absolute atomic E-state index is 11.8. The van der Waals surface area contributed by atoms with Crippen LogP contribution in [0.4, 0.5) is 0 Å². The molecule has 0 bridgehead atoms. The molecule has 1 aromatic rings. The van der Waals surface area contributed by atoms with Gasteiger partial charge >= 0.3 is 0 Å². The van der Waals surface area contributed by atoms with E-state index in [0.29, 0.717) is 6.54 Å². The second kappa shape index (κ2) is 4.56. The van der Waals surface area contributed by atoms with Crippen LogP contribution in [-0.2, 0) is 10.0 Å². The summed E-state index contributed by atoms with van der Waals surface area (Å²) in [6.45, 7) is 2.56. The van der Waals surface area contributed by atoms with Crippen LogP contribution >= 0.6 is 0 Å². The largest absolute Gasteiger partial charge is 0.335 e. The number of unbranched alkanes of at least 4 members (excludes halogenated alkanes) is 1. The fourth-order valence-corrected chi connectivity index (χ4v) is 2.15. The Labute approximate surface area is 84.2 Å². The fourth-order valence-electron chi connectivity index (χ4n) is 1.05. The smallest absolute Gasteiger partial charge is 0.259 e. The second-order valence-corrected chi connectivity index (χ2v) is 5.11. The van der Waals surface area contributed by atoms with Gasteiger partial charge in [0.25, 0.3) is 10.0 Å². The Bertz CT molecular complexity index is 358. The average molecular weight is 217 g/mol. The number of aromatic amines is 1. The van der Waals surface area contributed by atoms with Crippen LogP contribution in [0.15, 0.2) is 17.6 Å². The van der Waals surface area contributed by atoms with Crippen LogP contribution in [0.2, 0.25) is 0 Å². The highest BCUT2D eigenvalue weighted by Gasteiger charge is 2.20. The van der Waals surface area contributed by atoms with E-state index in [1.165, 1.54) is 16.8 Å². The van der Waals surface area contributed by atoms with E-state index in [9.17, 15) is 8.42 Å². The molecule has 0 saturated carbocycles. The molecule has 5 nitrogen and oxygen atoms in total. The third kappa shape index (κ3) is 2.33. The van der Waals surface area contributed by atoms with Crippen molar-refractivity contribution in [3.05, 3.63) is 12.5 Å². The fraction of sp³-hybridized carbons (Fsp3) is 0.625. The molecule has 0 aliphatic heterocycles. The monoisotopic (exact) mass is 217 g/mol. The van der Waals surface area contributed by atoms with Crippen molar-refractivity contribution < 1.29 is 8.42 Å². The zero-order valence-corrected chi connectivity index (χ0v) is 9.21. The Hall–Kier alpha value is -0.880. The van der Waals surface area contributed by atoms with Crippen LogP contribution in [-0.4, -0.2) is 36.3 Å². The standard InChI is InChI=1S/C8H15N3O2S/c1-3-4-5-11(2)14(12,13)8-6-9-7-10-8/h6-7H,3-5H2,1-2H3,(H,9,10). The summed E-state index contributed by atoms with van der Waals surface area (Å²) in [5, 5.41) is 0.149. The molecule has 0 unspecified atom stereocenters. The van der Waals surface area contributed by atoms with Gasteiger partial charge in [-0.3, -0.25) is 0 Å². The van der Waals surface area contributed by atoms with Crippen molar-refractivity contribution >= 4 is 10.0 Å². The SMILES string of the molecule is CCCCN(C)S(=O)(=O)c1cnc[nH]1. The lowest BCUT2D eigenvalue weighted by Crippen LogP contribution is -2.28. The molecule has 0 spiro atoms. The summed E-state index contributed by atoms with van der Waals surface area (Å²) in [5.41, 5.74) is 0. The highest BCUT2D eigenvalue weighted by molar-refractivity contribution is 7.89. The van der Waals surface area contributed by atoms with Gasteiger partial charge in [-0.1, -0.05) is 13.3 Å². The van der Waals surface area contributed by atoms with E-state index in [2.05, 4.69) is 9.97 Å². The molecular formula is C8H15N3O2S. The lowest BCUT2D eigenvalue weighted by atomic mass is 10.3. The van der Waals surface area contributed by atoms with Gasteiger partial charge in [0, 0.05) is 13.6 Å². The normalized spacial score (nSPS) is 12.2. The van der Waals surface area contributed by atoms with Crippen molar-refractivity contribution in [2.45, 2.75) is 24.8 Å². The van der Waals surface area contributed by atoms with Gasteiger partial charge in [-0.2, -0.15) is 4.31 Å². The summed E-state index contributed by atoms with van der Waals surface area (Å²) >= 11 is 0. The van der Waals surface area contributed by atoms with Gasteiger partial charge in [-0.25, -0.2) is 13.4 Å². The first kappa shape index (κ1) is 11.2. The van der Waals surface area contributed by atoms with Crippen LogP contribution in [0.25, 0.3) is 0 Å². The first-order chi connectivity index (χ1) is 6.59. The van der Waals surface area contributed by atoms with Crippen molar-refractivity contribution in [3.8, 4) is 0 Å². The number of H-pyrrole nitrogens is 1. The van der Waals surface area contributed by atoms with Crippen LogP contribution in [0.3, 0.4) is 0 Å². The quantitative estimate of drug-likeness (QED) is 0.794. The van der Waals surface area contributed by atoms with Crippen LogP contribution in [0.1, 0.15) is 19.8 Å². The summed E-state index contributed by atoms with van der Waals surface area (Å²) in [5.74, 6) is 0. The highest BCUT2D eigenvalue weighted by Crippen LogP contribution is 2.10. The molecule has 0 radical (unpaired) electrons. The molecule has 80 valence electrons. The molecule has 0 aromatic carbocycles. The van der Waals surface area contributed by atoms with E-state index in [4.69, 9.17) is 0 Å². The molecule has 0 amide bonds. The van der Waals surface area contributed by atoms with E-state index in [1.807, 2.05) is 6.92 Å². The summed E-state index contributed by atoms with van der Waals surface area (Å²) < 4.78 is 24.8. The summed E-state index contributed by atoms with van der Waals surface area (Å²) in [6.07, 6.45) is 4.52. The predicted octanol–water partition coefficient (Wildman–Crippen LogP) is 0.830.